The minimum atomic E-state index is -1.38. The summed E-state index contributed by atoms with van der Waals surface area (Å²) in [5.41, 5.74) is -0.656. The van der Waals surface area contributed by atoms with E-state index >= 15 is 0 Å². The van der Waals surface area contributed by atoms with Crippen molar-refractivity contribution in [1.82, 2.24) is 14.7 Å². The molecule has 1 aromatic rings. The highest BCUT2D eigenvalue weighted by atomic mass is 16.6. The number of benzene rings is 1. The number of carbonyl (C=O) groups excluding carboxylic acids is 4. The van der Waals surface area contributed by atoms with Gasteiger partial charge in [-0.25, -0.2) is 0 Å². The number of carbonyl (C=O) groups is 4. The molecule has 3 amide bonds. The van der Waals surface area contributed by atoms with Crippen LogP contribution in [0.2, 0.25) is 0 Å². The Kier molecular flexibility index (Phi) is 10.1. The van der Waals surface area contributed by atoms with Gasteiger partial charge in [-0.15, -0.1) is 0 Å². The van der Waals surface area contributed by atoms with Gasteiger partial charge in [0.25, 0.3) is 0 Å². The Morgan fingerprint density at radius 3 is 2.41 bits per heavy atom. The molecule has 5 rings (SSSR count). The van der Waals surface area contributed by atoms with Crippen LogP contribution in [-0.2, 0) is 28.7 Å². The van der Waals surface area contributed by atoms with Crippen LogP contribution in [0.1, 0.15) is 72.0 Å². The molecular weight excluding hydrogens is 586 g/mol. The highest BCUT2D eigenvalue weighted by molar-refractivity contribution is 5.99. The van der Waals surface area contributed by atoms with Gasteiger partial charge in [0.15, 0.2) is 0 Å². The van der Waals surface area contributed by atoms with Gasteiger partial charge < -0.3 is 29.3 Å². The summed E-state index contributed by atoms with van der Waals surface area (Å²) in [5, 5.41) is 10.6. The van der Waals surface area contributed by atoms with E-state index < -0.39 is 59.6 Å². The van der Waals surface area contributed by atoms with Crippen molar-refractivity contribution < 1.29 is 33.8 Å². The molecule has 250 valence electrons. The number of likely N-dealkylation sites (tertiary alicyclic amines) is 1. The fourth-order valence-electron chi connectivity index (χ4n) is 7.76. The number of amides is 3. The molecule has 0 aromatic heterocycles. The van der Waals surface area contributed by atoms with Crippen molar-refractivity contribution in [3.63, 3.8) is 0 Å². The molecule has 2 saturated heterocycles. The summed E-state index contributed by atoms with van der Waals surface area (Å²) in [6, 6.07) is 6.91. The number of nitrogens with zero attached hydrogens (tertiary/aromatic N) is 3. The second kappa shape index (κ2) is 13.7. The number of esters is 1. The Morgan fingerprint density at radius 2 is 1.76 bits per heavy atom. The van der Waals surface area contributed by atoms with Gasteiger partial charge in [0.2, 0.25) is 17.7 Å². The number of hydrogen-bond donors (Lipinski definition) is 1. The standard InChI is InChI=1S/C36H49N3O7/c1-7-14-23(4)38-20-13-9-12-17-28(41)37(6)24(5)31(25-15-10-8-11-16-25)45-35(44)29-27-18-19-36(46-27)30(29)33(42)39(32(36)34(38)43)26(21-40)22(2)3/h8-11,13,15-16,18-19,22-24,26-27,29-32,40H,7,12,14,17,20-21H2,1-6H3/b13-9-/t23?,24-,26-,27+,29-,30-,31+,32+,36-/m0/s1. The van der Waals surface area contributed by atoms with E-state index in [4.69, 9.17) is 9.47 Å². The maximum atomic E-state index is 14.8. The summed E-state index contributed by atoms with van der Waals surface area (Å²) in [7, 11) is 1.71. The van der Waals surface area contributed by atoms with Crippen LogP contribution in [0.4, 0.5) is 0 Å². The minimum absolute atomic E-state index is 0.0931. The summed E-state index contributed by atoms with van der Waals surface area (Å²) in [6.07, 6.45) is 8.18. The van der Waals surface area contributed by atoms with Gasteiger partial charge in [-0.2, -0.15) is 0 Å². The first kappa shape index (κ1) is 33.9. The van der Waals surface area contributed by atoms with Crippen LogP contribution in [0.15, 0.2) is 54.6 Å². The lowest BCUT2D eigenvalue weighted by Gasteiger charge is -2.41. The number of cyclic esters (lactones) is 1. The molecule has 10 nitrogen and oxygen atoms in total. The molecule has 1 N–H and O–H groups in total. The van der Waals surface area contributed by atoms with Crippen molar-refractivity contribution in [2.75, 3.05) is 20.2 Å². The number of fused-ring (bicyclic) bond motifs is 2. The number of aliphatic hydroxyl groups excluding tert-OH is 1. The molecule has 0 radical (unpaired) electrons. The smallest absolute Gasteiger partial charge is 0.313 e. The largest absolute Gasteiger partial charge is 0.455 e. The van der Waals surface area contributed by atoms with E-state index in [1.165, 1.54) is 4.90 Å². The van der Waals surface area contributed by atoms with E-state index in [1.807, 2.05) is 70.2 Å². The zero-order valence-electron chi connectivity index (χ0n) is 27.9. The van der Waals surface area contributed by atoms with Crippen LogP contribution in [0.5, 0.6) is 0 Å². The van der Waals surface area contributed by atoms with Crippen molar-refractivity contribution in [2.45, 2.75) is 102 Å². The van der Waals surface area contributed by atoms with Crippen LogP contribution in [-0.4, -0.2) is 99.6 Å². The SMILES string of the molecule is CCCC(C)N1C/C=C\CCC(=O)N(C)[C@@H](C)[C@H](c2ccccc2)OC(=O)[C@@H]2[C@H]3C(=O)N([C@@H](CO)C(C)C)[C@H](C1=O)[C@]31C=C[C@H]2O1. The van der Waals surface area contributed by atoms with E-state index in [9.17, 15) is 24.3 Å². The van der Waals surface area contributed by atoms with Crippen LogP contribution in [0.3, 0.4) is 0 Å². The lowest BCUT2D eigenvalue weighted by Crippen LogP contribution is -2.60. The third-order valence-corrected chi connectivity index (χ3v) is 10.5. The fourth-order valence-corrected chi connectivity index (χ4v) is 7.76. The van der Waals surface area contributed by atoms with Crippen molar-refractivity contribution >= 4 is 23.7 Å². The molecule has 2 fully saturated rings. The van der Waals surface area contributed by atoms with Gasteiger partial charge in [-0.1, -0.05) is 81.8 Å². The first-order chi connectivity index (χ1) is 22.0. The Labute approximate surface area is 272 Å². The first-order valence-electron chi connectivity index (χ1n) is 16.7. The fraction of sp³-hybridized carbons (Fsp3) is 0.611. The van der Waals surface area contributed by atoms with Gasteiger partial charge in [-0.05, 0) is 38.2 Å². The van der Waals surface area contributed by atoms with E-state index in [0.717, 1.165) is 18.4 Å². The Hall–Kier alpha value is -3.50. The molecule has 1 aromatic carbocycles. The zero-order valence-corrected chi connectivity index (χ0v) is 27.9. The maximum absolute atomic E-state index is 14.8. The normalized spacial score (nSPS) is 33.9. The van der Waals surface area contributed by atoms with E-state index in [1.54, 1.807) is 29.0 Å². The molecule has 0 aliphatic carbocycles. The average molecular weight is 636 g/mol. The van der Waals surface area contributed by atoms with Crippen LogP contribution < -0.4 is 0 Å². The third kappa shape index (κ3) is 5.79. The van der Waals surface area contributed by atoms with Gasteiger partial charge in [-0.3, -0.25) is 19.2 Å². The van der Waals surface area contributed by atoms with E-state index in [2.05, 4.69) is 6.92 Å². The predicted octanol–water partition coefficient (Wildman–Crippen LogP) is 3.65. The lowest BCUT2D eigenvalue weighted by atomic mass is 9.74. The van der Waals surface area contributed by atoms with Crippen LogP contribution in [0.25, 0.3) is 0 Å². The second-order valence-electron chi connectivity index (χ2n) is 13.6. The molecule has 9 atom stereocenters. The maximum Gasteiger partial charge on any atom is 0.313 e. The van der Waals surface area contributed by atoms with Crippen molar-refractivity contribution in [3.05, 3.63) is 60.2 Å². The van der Waals surface area contributed by atoms with E-state index in [-0.39, 0.29) is 36.8 Å². The highest BCUT2D eigenvalue weighted by Gasteiger charge is 2.74. The Morgan fingerprint density at radius 1 is 1.04 bits per heavy atom. The molecule has 0 saturated carbocycles. The molecule has 1 unspecified atom stereocenters. The summed E-state index contributed by atoms with van der Waals surface area (Å²) >= 11 is 0. The predicted molar refractivity (Wildman–Crippen MR) is 172 cm³/mol. The van der Waals surface area contributed by atoms with Crippen molar-refractivity contribution in [1.29, 1.82) is 0 Å². The molecule has 4 aliphatic heterocycles. The van der Waals surface area contributed by atoms with E-state index in [0.29, 0.717) is 13.0 Å². The number of aliphatic hydroxyl groups is 1. The highest BCUT2D eigenvalue weighted by Crippen LogP contribution is 2.56. The topological polar surface area (TPSA) is 117 Å². The average Bonchev–Trinajstić information content (AvgIpc) is 3.68. The molecule has 46 heavy (non-hydrogen) atoms. The van der Waals surface area contributed by atoms with Gasteiger partial charge in [0, 0.05) is 26.1 Å². The molecule has 4 heterocycles. The quantitative estimate of drug-likeness (QED) is 0.359. The van der Waals surface area contributed by atoms with Gasteiger partial charge in [0.1, 0.15) is 23.7 Å². The number of likely N-dealkylation sites (N-methyl/N-ethyl adjacent to an activating group) is 1. The molecule has 1 spiro atoms. The number of ether oxygens (including phenoxy) is 2. The summed E-state index contributed by atoms with van der Waals surface area (Å²) in [4.78, 5) is 61.9. The number of hydrogen-bond acceptors (Lipinski definition) is 7. The van der Waals surface area contributed by atoms with Crippen LogP contribution in [0, 0.1) is 17.8 Å². The number of rotatable bonds is 7. The van der Waals surface area contributed by atoms with Gasteiger partial charge >= 0.3 is 5.97 Å². The third-order valence-electron chi connectivity index (χ3n) is 10.5. The van der Waals surface area contributed by atoms with Crippen LogP contribution >= 0.6 is 0 Å². The Bertz CT molecular complexity index is 1360. The number of allylic oxidation sites excluding steroid dienone is 1. The van der Waals surface area contributed by atoms with Crippen molar-refractivity contribution in [3.8, 4) is 0 Å². The zero-order chi connectivity index (χ0) is 33.3. The molecule has 10 heteroatoms. The summed E-state index contributed by atoms with van der Waals surface area (Å²) < 4.78 is 12.9. The minimum Gasteiger partial charge on any atom is -0.455 e. The molecular formula is C36H49N3O7. The second-order valence-corrected chi connectivity index (χ2v) is 13.6. The summed E-state index contributed by atoms with van der Waals surface area (Å²) in [5.74, 6) is -3.55. The van der Waals surface area contributed by atoms with Crippen molar-refractivity contribution in [2.24, 2.45) is 17.8 Å². The monoisotopic (exact) mass is 635 g/mol. The molecule has 5 bridgehead atoms. The summed E-state index contributed by atoms with van der Waals surface area (Å²) in [6.45, 7) is 9.67. The lowest BCUT2D eigenvalue weighted by molar-refractivity contribution is -0.164. The van der Waals surface area contributed by atoms with Gasteiger partial charge in [0.05, 0.1) is 30.7 Å². The first-order valence-corrected chi connectivity index (χ1v) is 16.7. The molecule has 4 aliphatic rings. The Balaban J connectivity index is 1.64.